The molecule has 0 aromatic heterocycles. The van der Waals surface area contributed by atoms with Gasteiger partial charge in [-0.25, -0.2) is 13.1 Å². The fraction of sp³-hybridized carbons (Fsp3) is 0.500. The zero-order chi connectivity index (χ0) is 13.2. The topological polar surface area (TPSA) is 81.4 Å². The molecule has 0 saturated carbocycles. The lowest BCUT2D eigenvalue weighted by Gasteiger charge is -2.12. The minimum absolute atomic E-state index is 0.0115. The lowest BCUT2D eigenvalue weighted by molar-refractivity contribution is 0.114. The van der Waals surface area contributed by atoms with Crippen LogP contribution in [-0.4, -0.2) is 27.7 Å². The number of benzene rings is 1. The van der Waals surface area contributed by atoms with Gasteiger partial charge in [-0.05, 0) is 37.5 Å². The summed E-state index contributed by atoms with van der Waals surface area (Å²) >= 11 is 0. The van der Waals surface area contributed by atoms with Gasteiger partial charge < -0.3 is 10.5 Å². The van der Waals surface area contributed by atoms with Crippen LogP contribution in [0.3, 0.4) is 0 Å². The number of sulfonamides is 1. The molecule has 1 fully saturated rings. The highest BCUT2D eigenvalue weighted by Crippen LogP contribution is 2.17. The summed E-state index contributed by atoms with van der Waals surface area (Å²) in [4.78, 5) is 0.198. The highest BCUT2D eigenvalue weighted by Gasteiger charge is 2.20. The summed E-state index contributed by atoms with van der Waals surface area (Å²) < 4.78 is 32.0. The molecule has 1 aromatic carbocycles. The van der Waals surface area contributed by atoms with Crippen molar-refractivity contribution in [2.45, 2.75) is 30.8 Å². The first kappa shape index (κ1) is 13.3. The Balaban J connectivity index is 2.07. The van der Waals surface area contributed by atoms with Crippen molar-refractivity contribution in [1.82, 2.24) is 4.72 Å². The average Bonchev–Trinajstić information content (AvgIpc) is 2.83. The summed E-state index contributed by atoms with van der Waals surface area (Å²) in [5, 5.41) is 0. The van der Waals surface area contributed by atoms with Crippen LogP contribution >= 0.6 is 0 Å². The Kier molecular flexibility index (Phi) is 3.89. The second-order valence-electron chi connectivity index (χ2n) is 4.51. The number of nitrogens with two attached hydrogens (primary N) is 1. The second kappa shape index (κ2) is 5.26. The smallest absolute Gasteiger partial charge is 0.240 e. The van der Waals surface area contributed by atoms with Gasteiger partial charge >= 0.3 is 0 Å². The molecule has 5 nitrogen and oxygen atoms in total. The Labute approximate surface area is 107 Å². The molecule has 1 aliphatic rings. The van der Waals surface area contributed by atoms with E-state index in [4.69, 9.17) is 10.5 Å². The number of hydrogen-bond acceptors (Lipinski definition) is 4. The van der Waals surface area contributed by atoms with Crippen molar-refractivity contribution in [2.75, 3.05) is 18.9 Å². The predicted octanol–water partition coefficient (Wildman–Crippen LogP) is 1.03. The minimum atomic E-state index is -3.50. The lowest BCUT2D eigenvalue weighted by Crippen LogP contribution is -2.31. The van der Waals surface area contributed by atoms with Gasteiger partial charge in [0.15, 0.2) is 0 Å². The molecule has 0 radical (unpaired) electrons. The number of nitrogens with one attached hydrogen (secondary N) is 1. The molecular formula is C12H18N2O3S. The third kappa shape index (κ3) is 3.01. The van der Waals surface area contributed by atoms with Crippen molar-refractivity contribution in [3.63, 3.8) is 0 Å². The summed E-state index contributed by atoms with van der Waals surface area (Å²) in [7, 11) is -3.50. The Morgan fingerprint density at radius 1 is 1.50 bits per heavy atom. The molecule has 0 amide bonds. The quantitative estimate of drug-likeness (QED) is 0.801. The Morgan fingerprint density at radius 2 is 2.28 bits per heavy atom. The van der Waals surface area contributed by atoms with E-state index < -0.39 is 10.0 Å². The molecule has 0 bridgehead atoms. The molecule has 1 aromatic rings. The number of rotatable bonds is 4. The zero-order valence-corrected chi connectivity index (χ0v) is 11.2. The highest BCUT2D eigenvalue weighted by molar-refractivity contribution is 7.89. The van der Waals surface area contributed by atoms with Crippen LogP contribution < -0.4 is 10.5 Å². The van der Waals surface area contributed by atoms with Gasteiger partial charge in [0.2, 0.25) is 10.0 Å². The lowest BCUT2D eigenvalue weighted by atomic mass is 10.2. The summed E-state index contributed by atoms with van der Waals surface area (Å²) in [6.07, 6.45) is 1.88. The third-order valence-corrected chi connectivity index (χ3v) is 4.51. The van der Waals surface area contributed by atoms with Crippen LogP contribution in [0.25, 0.3) is 0 Å². The van der Waals surface area contributed by atoms with Gasteiger partial charge in [-0.15, -0.1) is 0 Å². The van der Waals surface area contributed by atoms with E-state index in [1.54, 1.807) is 12.1 Å². The number of ether oxygens (including phenoxy) is 1. The fourth-order valence-electron chi connectivity index (χ4n) is 1.88. The molecule has 0 spiro atoms. The van der Waals surface area contributed by atoms with Crippen molar-refractivity contribution in [2.24, 2.45) is 0 Å². The molecule has 100 valence electrons. The Bertz CT molecular complexity index is 522. The molecule has 6 heteroatoms. The van der Waals surface area contributed by atoms with Gasteiger partial charge in [0.1, 0.15) is 0 Å². The van der Waals surface area contributed by atoms with Crippen molar-refractivity contribution < 1.29 is 13.2 Å². The van der Waals surface area contributed by atoms with Crippen LogP contribution in [0.4, 0.5) is 5.69 Å². The zero-order valence-electron chi connectivity index (χ0n) is 10.3. The molecule has 1 saturated heterocycles. The SMILES string of the molecule is Cc1ccc(S(=O)(=O)NC[C@@H]2CCCO2)cc1N. The van der Waals surface area contributed by atoms with Crippen molar-refractivity contribution in [3.05, 3.63) is 23.8 Å². The molecule has 18 heavy (non-hydrogen) atoms. The molecule has 0 aliphatic carbocycles. The van der Waals surface area contributed by atoms with E-state index in [9.17, 15) is 8.42 Å². The molecule has 1 aliphatic heterocycles. The van der Waals surface area contributed by atoms with Crippen LogP contribution in [0, 0.1) is 6.92 Å². The van der Waals surface area contributed by atoms with Gasteiger partial charge in [0.25, 0.3) is 0 Å². The predicted molar refractivity (Wildman–Crippen MR) is 69.8 cm³/mol. The normalized spacial score (nSPS) is 20.2. The molecule has 1 atom stereocenters. The number of hydrogen-bond donors (Lipinski definition) is 2. The first-order chi connectivity index (χ1) is 8.49. The van der Waals surface area contributed by atoms with Gasteiger partial charge in [0.05, 0.1) is 11.0 Å². The number of aryl methyl sites for hydroxylation is 1. The Hall–Kier alpha value is -1.11. The largest absolute Gasteiger partial charge is 0.398 e. The Morgan fingerprint density at radius 3 is 2.89 bits per heavy atom. The first-order valence-corrected chi connectivity index (χ1v) is 7.45. The highest BCUT2D eigenvalue weighted by atomic mass is 32.2. The summed E-state index contributed by atoms with van der Waals surface area (Å²) in [6.45, 7) is 2.87. The number of anilines is 1. The standard InChI is InChI=1S/C12H18N2O3S/c1-9-4-5-11(7-12(9)13)18(15,16)14-8-10-3-2-6-17-10/h4-5,7,10,14H,2-3,6,8,13H2,1H3/t10-/m0/s1. The average molecular weight is 270 g/mol. The maximum absolute atomic E-state index is 12.0. The van der Waals surface area contributed by atoms with E-state index in [2.05, 4.69) is 4.72 Å². The van der Waals surface area contributed by atoms with Gasteiger partial charge in [0, 0.05) is 18.8 Å². The minimum Gasteiger partial charge on any atom is -0.398 e. The fourth-order valence-corrected chi connectivity index (χ4v) is 2.98. The molecule has 1 heterocycles. The summed E-state index contributed by atoms with van der Waals surface area (Å²) in [6, 6.07) is 4.74. The van der Waals surface area contributed by atoms with Crippen LogP contribution in [0.5, 0.6) is 0 Å². The number of nitrogen functional groups attached to an aromatic ring is 1. The van der Waals surface area contributed by atoms with E-state index in [1.165, 1.54) is 6.07 Å². The monoisotopic (exact) mass is 270 g/mol. The van der Waals surface area contributed by atoms with Crippen LogP contribution in [0.1, 0.15) is 18.4 Å². The van der Waals surface area contributed by atoms with Gasteiger partial charge in [-0.3, -0.25) is 0 Å². The first-order valence-electron chi connectivity index (χ1n) is 5.96. The maximum atomic E-state index is 12.0. The molecular weight excluding hydrogens is 252 g/mol. The molecule has 3 N–H and O–H groups in total. The molecule has 2 rings (SSSR count). The van der Waals surface area contributed by atoms with E-state index >= 15 is 0 Å². The molecule has 0 unspecified atom stereocenters. The van der Waals surface area contributed by atoms with Crippen LogP contribution in [-0.2, 0) is 14.8 Å². The second-order valence-corrected chi connectivity index (χ2v) is 6.27. The van der Waals surface area contributed by atoms with Crippen molar-refractivity contribution >= 4 is 15.7 Å². The van der Waals surface area contributed by atoms with Crippen molar-refractivity contribution in [3.8, 4) is 0 Å². The summed E-state index contributed by atoms with van der Waals surface area (Å²) in [5.74, 6) is 0. The third-order valence-electron chi connectivity index (χ3n) is 3.09. The van der Waals surface area contributed by atoms with E-state index in [-0.39, 0.29) is 11.0 Å². The van der Waals surface area contributed by atoms with Crippen LogP contribution in [0.2, 0.25) is 0 Å². The maximum Gasteiger partial charge on any atom is 0.240 e. The van der Waals surface area contributed by atoms with Gasteiger partial charge in [-0.2, -0.15) is 0 Å². The van der Waals surface area contributed by atoms with E-state index in [1.807, 2.05) is 6.92 Å². The summed E-state index contributed by atoms with van der Waals surface area (Å²) in [5.41, 5.74) is 7.07. The van der Waals surface area contributed by atoms with Gasteiger partial charge in [-0.1, -0.05) is 6.07 Å². The van der Waals surface area contributed by atoms with Crippen LogP contribution in [0.15, 0.2) is 23.1 Å². The van der Waals surface area contributed by atoms with E-state index in [0.29, 0.717) is 18.8 Å². The van der Waals surface area contributed by atoms with E-state index in [0.717, 1.165) is 18.4 Å². The van der Waals surface area contributed by atoms with Crippen molar-refractivity contribution in [1.29, 1.82) is 0 Å².